The van der Waals surface area contributed by atoms with Crippen molar-refractivity contribution in [1.82, 2.24) is 10.3 Å². The van der Waals surface area contributed by atoms with E-state index in [9.17, 15) is 14.7 Å². The summed E-state index contributed by atoms with van der Waals surface area (Å²) in [6, 6.07) is 3.04. The number of carbonyl (C=O) groups is 1. The van der Waals surface area contributed by atoms with Gasteiger partial charge >= 0.3 is 0 Å². The van der Waals surface area contributed by atoms with E-state index in [0.717, 1.165) is 12.8 Å². The van der Waals surface area contributed by atoms with E-state index in [0.29, 0.717) is 35.6 Å². The molecule has 8 nitrogen and oxygen atoms in total. The Morgan fingerprint density at radius 2 is 2.08 bits per heavy atom. The summed E-state index contributed by atoms with van der Waals surface area (Å²) in [4.78, 5) is 27.2. The Hall–Kier alpha value is -2.74. The summed E-state index contributed by atoms with van der Waals surface area (Å²) in [5.74, 6) is -0.265. The van der Waals surface area contributed by atoms with Gasteiger partial charge in [-0.25, -0.2) is 0 Å². The van der Waals surface area contributed by atoms with Gasteiger partial charge in [0.25, 0.3) is 11.5 Å². The average molecular weight is 348 g/mol. The quantitative estimate of drug-likeness (QED) is 0.748. The Morgan fingerprint density at radius 1 is 1.36 bits per heavy atom. The van der Waals surface area contributed by atoms with Gasteiger partial charge in [-0.15, -0.1) is 0 Å². The number of aromatic hydroxyl groups is 1. The fourth-order valence-corrected chi connectivity index (χ4v) is 2.92. The number of methoxy groups -OCH3 is 2. The summed E-state index contributed by atoms with van der Waals surface area (Å²) in [6.07, 6.45) is 1.75. The molecule has 0 spiro atoms. The molecule has 1 aromatic heterocycles. The highest BCUT2D eigenvalue weighted by molar-refractivity contribution is 6.02. The molecule has 1 saturated heterocycles. The van der Waals surface area contributed by atoms with Crippen molar-refractivity contribution in [2.75, 3.05) is 27.4 Å². The zero-order valence-electron chi connectivity index (χ0n) is 14.0. The highest BCUT2D eigenvalue weighted by Gasteiger charge is 2.22. The van der Waals surface area contributed by atoms with Gasteiger partial charge in [0.15, 0.2) is 11.5 Å². The minimum Gasteiger partial charge on any atom is -0.506 e. The monoisotopic (exact) mass is 348 g/mol. The Balaban J connectivity index is 1.97. The molecule has 2 heterocycles. The summed E-state index contributed by atoms with van der Waals surface area (Å²) in [7, 11) is 2.93. The molecule has 0 unspecified atom stereocenters. The minimum absolute atomic E-state index is 0.0602. The van der Waals surface area contributed by atoms with Crippen LogP contribution in [0.4, 0.5) is 0 Å². The Kier molecular flexibility index (Phi) is 4.80. The van der Waals surface area contributed by atoms with Gasteiger partial charge in [-0.3, -0.25) is 9.59 Å². The van der Waals surface area contributed by atoms with Crippen LogP contribution in [0.3, 0.4) is 0 Å². The molecule has 1 amide bonds. The van der Waals surface area contributed by atoms with Crippen molar-refractivity contribution >= 4 is 16.8 Å². The van der Waals surface area contributed by atoms with E-state index in [2.05, 4.69) is 10.3 Å². The van der Waals surface area contributed by atoms with Crippen molar-refractivity contribution in [1.29, 1.82) is 0 Å². The highest BCUT2D eigenvalue weighted by atomic mass is 16.5. The average Bonchev–Trinajstić information content (AvgIpc) is 3.12. The predicted octanol–water partition coefficient (Wildman–Crippen LogP) is 1.16. The summed E-state index contributed by atoms with van der Waals surface area (Å²) in [5, 5.41) is 13.4. The number of nitrogens with one attached hydrogen (secondary N) is 2. The van der Waals surface area contributed by atoms with Crippen molar-refractivity contribution in [3.63, 3.8) is 0 Å². The summed E-state index contributed by atoms with van der Waals surface area (Å²) in [5.41, 5.74) is -0.671. The number of carbonyl (C=O) groups excluding carboxylic acids is 1. The third kappa shape index (κ3) is 3.25. The first-order chi connectivity index (χ1) is 12.0. The highest BCUT2D eigenvalue weighted by Crippen LogP contribution is 2.35. The Morgan fingerprint density at radius 3 is 2.72 bits per heavy atom. The van der Waals surface area contributed by atoms with Crippen LogP contribution in [-0.2, 0) is 4.74 Å². The van der Waals surface area contributed by atoms with Crippen molar-refractivity contribution < 1.29 is 24.1 Å². The second-order valence-corrected chi connectivity index (χ2v) is 5.78. The molecule has 3 N–H and O–H groups in total. The van der Waals surface area contributed by atoms with Gasteiger partial charge in [-0.2, -0.15) is 0 Å². The van der Waals surface area contributed by atoms with Gasteiger partial charge in [0.2, 0.25) is 0 Å². The molecule has 1 aromatic carbocycles. The second kappa shape index (κ2) is 7.02. The van der Waals surface area contributed by atoms with E-state index in [-0.39, 0.29) is 11.7 Å². The van der Waals surface area contributed by atoms with E-state index < -0.39 is 17.2 Å². The topological polar surface area (TPSA) is 110 Å². The first-order valence-electron chi connectivity index (χ1n) is 7.96. The van der Waals surface area contributed by atoms with Gasteiger partial charge in [0.1, 0.15) is 11.3 Å². The molecule has 1 atom stereocenters. The van der Waals surface area contributed by atoms with Crippen LogP contribution in [0.25, 0.3) is 10.9 Å². The standard InChI is InChI=1S/C17H20N2O6/c1-23-12-6-10-11(7-13(12)24-2)19-17(22)14(15(10)20)16(21)18-8-9-4-3-5-25-9/h6-7,9H,3-5,8H2,1-2H3,(H,18,21)(H2,19,20,22)/t9-/m1/s1. The van der Waals surface area contributed by atoms with E-state index >= 15 is 0 Å². The van der Waals surface area contributed by atoms with Crippen LogP contribution in [0.2, 0.25) is 0 Å². The lowest BCUT2D eigenvalue weighted by Crippen LogP contribution is -2.35. The molecule has 3 rings (SSSR count). The van der Waals surface area contributed by atoms with Gasteiger partial charge in [0, 0.05) is 24.6 Å². The van der Waals surface area contributed by atoms with Gasteiger partial charge in [0.05, 0.1) is 25.8 Å². The molecular formula is C17H20N2O6. The first-order valence-corrected chi connectivity index (χ1v) is 7.96. The van der Waals surface area contributed by atoms with E-state index in [1.807, 2.05) is 0 Å². The van der Waals surface area contributed by atoms with Crippen LogP contribution in [0.5, 0.6) is 17.2 Å². The number of H-pyrrole nitrogens is 1. The molecule has 2 aromatic rings. The summed E-state index contributed by atoms with van der Waals surface area (Å²) in [6.45, 7) is 0.964. The maximum Gasteiger partial charge on any atom is 0.265 e. The largest absolute Gasteiger partial charge is 0.506 e. The lowest BCUT2D eigenvalue weighted by Gasteiger charge is -2.13. The normalized spacial score (nSPS) is 16.8. The zero-order chi connectivity index (χ0) is 18.0. The van der Waals surface area contributed by atoms with Gasteiger partial charge < -0.3 is 29.6 Å². The SMILES string of the molecule is COc1cc2[nH]c(=O)c(C(=O)NC[C@H]3CCCO3)c(O)c2cc1OC. The van der Waals surface area contributed by atoms with Crippen molar-refractivity contribution in [3.8, 4) is 17.2 Å². The van der Waals surface area contributed by atoms with Crippen LogP contribution in [0.15, 0.2) is 16.9 Å². The number of amides is 1. The molecule has 134 valence electrons. The van der Waals surface area contributed by atoms with Crippen LogP contribution in [-0.4, -0.2) is 49.5 Å². The van der Waals surface area contributed by atoms with Crippen LogP contribution < -0.4 is 20.3 Å². The molecule has 25 heavy (non-hydrogen) atoms. The molecule has 1 fully saturated rings. The fourth-order valence-electron chi connectivity index (χ4n) is 2.92. The first kappa shape index (κ1) is 17.1. The molecular weight excluding hydrogens is 328 g/mol. The number of hydrogen-bond acceptors (Lipinski definition) is 6. The Labute approximate surface area is 143 Å². The lowest BCUT2D eigenvalue weighted by atomic mass is 10.1. The molecule has 8 heteroatoms. The molecule has 1 aliphatic heterocycles. The zero-order valence-corrected chi connectivity index (χ0v) is 14.0. The Bertz CT molecular complexity index is 854. The second-order valence-electron chi connectivity index (χ2n) is 5.78. The fraction of sp³-hybridized carbons (Fsp3) is 0.412. The maximum absolute atomic E-state index is 12.4. The number of aromatic nitrogens is 1. The number of hydrogen-bond donors (Lipinski definition) is 3. The summed E-state index contributed by atoms with van der Waals surface area (Å²) >= 11 is 0. The smallest absolute Gasteiger partial charge is 0.265 e. The van der Waals surface area contributed by atoms with Crippen LogP contribution in [0.1, 0.15) is 23.2 Å². The molecule has 0 bridgehead atoms. The number of fused-ring (bicyclic) bond motifs is 1. The van der Waals surface area contributed by atoms with Crippen LogP contribution >= 0.6 is 0 Å². The van der Waals surface area contributed by atoms with Gasteiger partial charge in [-0.05, 0) is 18.9 Å². The summed E-state index contributed by atoms with van der Waals surface area (Å²) < 4.78 is 15.8. The number of ether oxygens (including phenoxy) is 3. The molecule has 0 radical (unpaired) electrons. The number of aromatic amines is 1. The number of pyridine rings is 1. The molecule has 0 aliphatic carbocycles. The lowest BCUT2D eigenvalue weighted by molar-refractivity contribution is 0.0854. The van der Waals surface area contributed by atoms with E-state index in [1.54, 1.807) is 0 Å². The van der Waals surface area contributed by atoms with Gasteiger partial charge in [-0.1, -0.05) is 0 Å². The predicted molar refractivity (Wildman–Crippen MR) is 90.6 cm³/mol. The maximum atomic E-state index is 12.4. The third-order valence-electron chi connectivity index (χ3n) is 4.23. The number of rotatable bonds is 5. The minimum atomic E-state index is -0.679. The number of benzene rings is 1. The third-order valence-corrected chi connectivity index (χ3v) is 4.23. The molecule has 0 saturated carbocycles. The van der Waals surface area contributed by atoms with Crippen molar-refractivity contribution in [2.24, 2.45) is 0 Å². The van der Waals surface area contributed by atoms with Crippen molar-refractivity contribution in [2.45, 2.75) is 18.9 Å². The van der Waals surface area contributed by atoms with E-state index in [1.165, 1.54) is 26.4 Å². The van der Waals surface area contributed by atoms with Crippen molar-refractivity contribution in [3.05, 3.63) is 28.0 Å². The van der Waals surface area contributed by atoms with E-state index in [4.69, 9.17) is 14.2 Å². The molecule has 1 aliphatic rings. The van der Waals surface area contributed by atoms with Crippen LogP contribution in [0, 0.1) is 0 Å².